The first-order valence-electron chi connectivity index (χ1n) is 8.15. The Kier molecular flexibility index (Phi) is 4.53. The molecule has 0 spiro atoms. The second-order valence-corrected chi connectivity index (χ2v) is 6.65. The van der Waals surface area contributed by atoms with E-state index in [1.807, 2.05) is 84.9 Å². The Morgan fingerprint density at radius 3 is 1.92 bits per heavy atom. The second kappa shape index (κ2) is 7.29. The third-order valence-electron chi connectivity index (χ3n) is 3.92. The molecule has 1 heterocycles. The highest BCUT2D eigenvalue weighted by molar-refractivity contribution is 7.18. The van der Waals surface area contributed by atoms with Crippen molar-refractivity contribution in [1.29, 1.82) is 0 Å². The summed E-state index contributed by atoms with van der Waals surface area (Å²) in [5.41, 5.74) is 3.76. The molecule has 126 valence electrons. The highest BCUT2D eigenvalue weighted by Gasteiger charge is 2.11. The molecule has 4 rings (SSSR count). The Labute approximate surface area is 155 Å². The number of rotatable bonds is 4. The summed E-state index contributed by atoms with van der Waals surface area (Å²) in [6.07, 6.45) is 0. The van der Waals surface area contributed by atoms with Crippen LogP contribution in [0.25, 0.3) is 21.7 Å². The van der Waals surface area contributed by atoms with Crippen LogP contribution in [-0.2, 0) is 0 Å². The van der Waals surface area contributed by atoms with Gasteiger partial charge >= 0.3 is 0 Å². The smallest absolute Gasteiger partial charge is 0.257 e. The molecule has 1 amide bonds. The molecule has 0 radical (unpaired) electrons. The number of carbonyl (C=O) groups excluding carboxylic acids is 1. The minimum absolute atomic E-state index is 0.194. The molecule has 0 fully saturated rings. The molecule has 1 N–H and O–H groups in total. The zero-order valence-corrected chi connectivity index (χ0v) is 14.6. The summed E-state index contributed by atoms with van der Waals surface area (Å²) in [7, 11) is 0. The van der Waals surface area contributed by atoms with Crippen molar-refractivity contribution in [2.45, 2.75) is 0 Å². The van der Waals surface area contributed by atoms with E-state index in [0.29, 0.717) is 10.7 Å². The molecule has 4 aromatic rings. The molecule has 0 atom stereocenters. The fourth-order valence-corrected chi connectivity index (χ4v) is 3.33. The second-order valence-electron chi connectivity index (χ2n) is 5.68. The molecule has 26 heavy (non-hydrogen) atoms. The molecule has 0 aliphatic carbocycles. The van der Waals surface area contributed by atoms with Crippen molar-refractivity contribution in [3.8, 4) is 21.7 Å². The maximum absolute atomic E-state index is 12.4. The summed E-state index contributed by atoms with van der Waals surface area (Å²) in [4.78, 5) is 12.4. The standard InChI is InChI=1S/C21H15N3OS/c25-19(17-13-11-16(12-14-17)15-7-3-1-4-8-15)22-21-24-23-20(26-21)18-9-5-2-6-10-18/h1-14H,(H,22,24,25). The van der Waals surface area contributed by atoms with Crippen LogP contribution in [0.1, 0.15) is 10.4 Å². The topological polar surface area (TPSA) is 54.9 Å². The number of nitrogens with one attached hydrogen (secondary N) is 1. The molecule has 0 bridgehead atoms. The lowest BCUT2D eigenvalue weighted by atomic mass is 10.0. The quantitative estimate of drug-likeness (QED) is 0.551. The summed E-state index contributed by atoms with van der Waals surface area (Å²) in [6, 6.07) is 27.4. The summed E-state index contributed by atoms with van der Waals surface area (Å²) in [5.74, 6) is -0.194. The van der Waals surface area contributed by atoms with E-state index in [9.17, 15) is 4.79 Å². The van der Waals surface area contributed by atoms with E-state index >= 15 is 0 Å². The van der Waals surface area contributed by atoms with Crippen molar-refractivity contribution in [2.75, 3.05) is 5.32 Å². The maximum atomic E-state index is 12.4. The first-order valence-corrected chi connectivity index (χ1v) is 8.97. The van der Waals surface area contributed by atoms with Crippen LogP contribution in [0.4, 0.5) is 5.13 Å². The fraction of sp³-hybridized carbons (Fsp3) is 0. The Morgan fingerprint density at radius 2 is 1.27 bits per heavy atom. The third-order valence-corrected chi connectivity index (χ3v) is 4.81. The normalized spacial score (nSPS) is 10.5. The molecule has 0 aliphatic rings. The first-order chi connectivity index (χ1) is 12.8. The van der Waals surface area contributed by atoms with Gasteiger partial charge in [-0.3, -0.25) is 10.1 Å². The first kappa shape index (κ1) is 16.2. The number of hydrogen-bond donors (Lipinski definition) is 1. The molecule has 0 aliphatic heterocycles. The van der Waals surface area contributed by atoms with Crippen molar-refractivity contribution in [3.05, 3.63) is 90.5 Å². The maximum Gasteiger partial charge on any atom is 0.257 e. The number of anilines is 1. The Hall–Kier alpha value is -3.31. The molecule has 4 nitrogen and oxygen atoms in total. The summed E-state index contributed by atoms with van der Waals surface area (Å²) < 4.78 is 0. The molecular weight excluding hydrogens is 342 g/mol. The predicted octanol–water partition coefficient (Wildman–Crippen LogP) is 5.12. The van der Waals surface area contributed by atoms with Gasteiger partial charge in [-0.2, -0.15) is 0 Å². The van der Waals surface area contributed by atoms with Gasteiger partial charge in [-0.05, 0) is 23.3 Å². The Balaban J connectivity index is 1.48. The van der Waals surface area contributed by atoms with E-state index in [1.165, 1.54) is 11.3 Å². The number of aromatic nitrogens is 2. The minimum Gasteiger partial charge on any atom is -0.296 e. The van der Waals surface area contributed by atoms with Gasteiger partial charge in [0.1, 0.15) is 5.01 Å². The highest BCUT2D eigenvalue weighted by Crippen LogP contribution is 2.26. The molecule has 3 aromatic carbocycles. The lowest BCUT2D eigenvalue weighted by molar-refractivity contribution is 0.102. The van der Waals surface area contributed by atoms with Gasteiger partial charge in [-0.25, -0.2) is 0 Å². The molecule has 5 heteroatoms. The Morgan fingerprint density at radius 1 is 0.692 bits per heavy atom. The average molecular weight is 357 g/mol. The number of nitrogens with zero attached hydrogens (tertiary/aromatic N) is 2. The number of amides is 1. The average Bonchev–Trinajstić information content (AvgIpc) is 3.18. The molecule has 0 saturated carbocycles. The number of hydrogen-bond acceptors (Lipinski definition) is 4. The van der Waals surface area contributed by atoms with Gasteiger partial charge in [0.05, 0.1) is 0 Å². The molecule has 0 unspecified atom stereocenters. The van der Waals surface area contributed by atoms with Crippen molar-refractivity contribution >= 4 is 22.4 Å². The fourth-order valence-electron chi connectivity index (χ4n) is 2.59. The zero-order chi connectivity index (χ0) is 17.8. The highest BCUT2D eigenvalue weighted by atomic mass is 32.1. The van der Waals surface area contributed by atoms with Crippen molar-refractivity contribution in [3.63, 3.8) is 0 Å². The zero-order valence-electron chi connectivity index (χ0n) is 13.8. The van der Waals surface area contributed by atoms with Gasteiger partial charge < -0.3 is 0 Å². The van der Waals surface area contributed by atoms with Crippen molar-refractivity contribution in [1.82, 2.24) is 10.2 Å². The SMILES string of the molecule is O=C(Nc1nnc(-c2ccccc2)s1)c1ccc(-c2ccccc2)cc1. The van der Waals surface area contributed by atoms with Gasteiger partial charge in [0.15, 0.2) is 0 Å². The van der Waals surface area contributed by atoms with E-state index in [1.54, 1.807) is 0 Å². The van der Waals surface area contributed by atoms with E-state index in [2.05, 4.69) is 15.5 Å². The molecule has 0 saturated heterocycles. The van der Waals surface area contributed by atoms with Crippen LogP contribution in [0.2, 0.25) is 0 Å². The molecular formula is C21H15N3OS. The monoisotopic (exact) mass is 357 g/mol. The van der Waals surface area contributed by atoms with Crippen LogP contribution in [0, 0.1) is 0 Å². The van der Waals surface area contributed by atoms with Crippen LogP contribution in [0.5, 0.6) is 0 Å². The van der Waals surface area contributed by atoms with Crippen LogP contribution >= 0.6 is 11.3 Å². The van der Waals surface area contributed by atoms with Crippen LogP contribution in [-0.4, -0.2) is 16.1 Å². The minimum atomic E-state index is -0.194. The summed E-state index contributed by atoms with van der Waals surface area (Å²) >= 11 is 1.35. The summed E-state index contributed by atoms with van der Waals surface area (Å²) in [5, 5.41) is 12.3. The van der Waals surface area contributed by atoms with Crippen LogP contribution < -0.4 is 5.32 Å². The lowest BCUT2D eigenvalue weighted by Gasteiger charge is -2.04. The summed E-state index contributed by atoms with van der Waals surface area (Å²) in [6.45, 7) is 0. The van der Waals surface area contributed by atoms with Gasteiger partial charge in [0.2, 0.25) is 5.13 Å². The van der Waals surface area contributed by atoms with Crippen molar-refractivity contribution < 1.29 is 4.79 Å². The van der Waals surface area contributed by atoms with E-state index in [0.717, 1.165) is 21.7 Å². The van der Waals surface area contributed by atoms with E-state index in [4.69, 9.17) is 0 Å². The number of carbonyl (C=O) groups is 1. The van der Waals surface area contributed by atoms with Crippen LogP contribution in [0.15, 0.2) is 84.9 Å². The van der Waals surface area contributed by atoms with Gasteiger partial charge in [-0.15, -0.1) is 10.2 Å². The van der Waals surface area contributed by atoms with Crippen LogP contribution in [0.3, 0.4) is 0 Å². The van der Waals surface area contributed by atoms with E-state index in [-0.39, 0.29) is 5.91 Å². The molecule has 1 aromatic heterocycles. The third kappa shape index (κ3) is 3.53. The largest absolute Gasteiger partial charge is 0.296 e. The van der Waals surface area contributed by atoms with E-state index < -0.39 is 0 Å². The Bertz CT molecular complexity index is 1010. The van der Waals surface area contributed by atoms with Crippen molar-refractivity contribution in [2.24, 2.45) is 0 Å². The van der Waals surface area contributed by atoms with Gasteiger partial charge in [0.25, 0.3) is 5.91 Å². The van der Waals surface area contributed by atoms with Gasteiger partial charge in [-0.1, -0.05) is 84.1 Å². The lowest BCUT2D eigenvalue weighted by Crippen LogP contribution is -2.11. The van der Waals surface area contributed by atoms with Gasteiger partial charge in [0, 0.05) is 11.1 Å². The number of benzene rings is 3. The predicted molar refractivity (Wildman–Crippen MR) is 105 cm³/mol.